The SMILES string of the molecule is CN1[CH-]N2c3[c-]c(Oc4[c-]c5c(cc4)c4ccccc4n5-c4ccccn4)ccc3C3(c4cccc1c42)c1c(cccc1C(C)(C)C)Oc1cccc(C(C)(C)C)c13.[Pt]. The first-order chi connectivity index (χ1) is 27.9. The summed E-state index contributed by atoms with van der Waals surface area (Å²) in [5.41, 5.74) is 11.3. The number of pyridine rings is 1. The van der Waals surface area contributed by atoms with Crippen molar-refractivity contribution in [1.82, 2.24) is 9.55 Å². The van der Waals surface area contributed by atoms with Gasteiger partial charge >= 0.3 is 0 Å². The zero-order chi connectivity index (χ0) is 39.7. The van der Waals surface area contributed by atoms with Gasteiger partial charge in [0.25, 0.3) is 0 Å². The van der Waals surface area contributed by atoms with Gasteiger partial charge in [-0.25, -0.2) is 4.98 Å². The fourth-order valence-corrected chi connectivity index (χ4v) is 9.81. The molecule has 0 fully saturated rings. The van der Waals surface area contributed by atoms with Crippen LogP contribution in [0.25, 0.3) is 27.6 Å². The van der Waals surface area contributed by atoms with Gasteiger partial charge < -0.3 is 23.8 Å². The molecule has 11 rings (SSSR count). The molecule has 0 aliphatic carbocycles. The predicted molar refractivity (Wildman–Crippen MR) is 233 cm³/mol. The summed E-state index contributed by atoms with van der Waals surface area (Å²) in [6.07, 6.45) is 1.83. The number of nitrogens with zero attached hydrogens (tertiary/aromatic N) is 4. The zero-order valence-corrected chi connectivity index (χ0v) is 36.4. The fraction of sp³-hybridized carbons (Fsp3) is 0.192. The molecule has 59 heavy (non-hydrogen) atoms. The van der Waals surface area contributed by atoms with Crippen molar-refractivity contribution in [3.05, 3.63) is 180 Å². The van der Waals surface area contributed by atoms with Crippen LogP contribution in [-0.2, 0) is 37.3 Å². The summed E-state index contributed by atoms with van der Waals surface area (Å²) in [5, 5.41) is 2.23. The maximum atomic E-state index is 7.02. The minimum atomic E-state index is -0.740. The average molecular weight is 951 g/mol. The number of para-hydroxylation sites is 2. The fourth-order valence-electron chi connectivity index (χ4n) is 9.81. The molecule has 6 nitrogen and oxygen atoms in total. The second-order valence-corrected chi connectivity index (χ2v) is 17.8. The van der Waals surface area contributed by atoms with Crippen molar-refractivity contribution in [2.75, 3.05) is 16.8 Å². The van der Waals surface area contributed by atoms with E-state index in [-0.39, 0.29) is 31.9 Å². The van der Waals surface area contributed by atoms with E-state index in [4.69, 9.17) is 14.5 Å². The summed E-state index contributed by atoms with van der Waals surface area (Å²) >= 11 is 0. The Hall–Kier alpha value is -5.84. The van der Waals surface area contributed by atoms with Crippen LogP contribution in [0.1, 0.15) is 74.9 Å². The molecule has 0 amide bonds. The van der Waals surface area contributed by atoms with Crippen LogP contribution in [0.15, 0.2) is 128 Å². The molecule has 0 saturated heterocycles. The third kappa shape index (κ3) is 5.31. The van der Waals surface area contributed by atoms with Crippen LogP contribution < -0.4 is 19.3 Å². The molecule has 296 valence electrons. The van der Waals surface area contributed by atoms with Crippen LogP contribution in [0.4, 0.5) is 17.1 Å². The van der Waals surface area contributed by atoms with E-state index in [9.17, 15) is 0 Å². The molecule has 0 saturated carbocycles. The molecule has 7 heteroatoms. The first kappa shape index (κ1) is 37.4. The zero-order valence-electron chi connectivity index (χ0n) is 34.1. The van der Waals surface area contributed by atoms with Crippen molar-refractivity contribution >= 4 is 38.9 Å². The summed E-state index contributed by atoms with van der Waals surface area (Å²) in [6, 6.07) is 50.3. The average Bonchev–Trinajstić information content (AvgIpc) is 3.73. The Morgan fingerprint density at radius 2 is 1.32 bits per heavy atom. The van der Waals surface area contributed by atoms with Gasteiger partial charge in [0.05, 0.1) is 0 Å². The van der Waals surface area contributed by atoms with Crippen molar-refractivity contribution in [2.24, 2.45) is 0 Å². The minimum Gasteiger partial charge on any atom is -0.509 e. The topological polar surface area (TPSA) is 42.8 Å². The molecule has 3 aliphatic heterocycles. The van der Waals surface area contributed by atoms with E-state index in [1.54, 1.807) is 0 Å². The number of rotatable bonds is 3. The van der Waals surface area contributed by atoms with Crippen LogP contribution in [0.5, 0.6) is 23.0 Å². The molecule has 1 spiro atoms. The number of benzene rings is 6. The second kappa shape index (κ2) is 13.1. The van der Waals surface area contributed by atoms with E-state index in [1.807, 2.05) is 30.5 Å². The van der Waals surface area contributed by atoms with Gasteiger partial charge in [-0.3, -0.25) is 0 Å². The van der Waals surface area contributed by atoms with Crippen molar-refractivity contribution in [3.8, 4) is 28.8 Å². The molecule has 0 unspecified atom stereocenters. The van der Waals surface area contributed by atoms with Gasteiger partial charge in [0, 0.05) is 72.2 Å². The van der Waals surface area contributed by atoms with Gasteiger partial charge in [0.2, 0.25) is 0 Å². The Labute approximate surface area is 360 Å². The van der Waals surface area contributed by atoms with Gasteiger partial charge in [-0.1, -0.05) is 113 Å². The molecular formula is C52H43N4O2Pt-3. The van der Waals surface area contributed by atoms with Gasteiger partial charge in [-0.05, 0) is 76.4 Å². The summed E-state index contributed by atoms with van der Waals surface area (Å²) in [6.45, 7) is 16.0. The number of ether oxygens (including phenoxy) is 2. The van der Waals surface area contributed by atoms with Crippen LogP contribution in [0.2, 0.25) is 0 Å². The van der Waals surface area contributed by atoms with Gasteiger partial charge in [-0.15, -0.1) is 35.2 Å². The largest absolute Gasteiger partial charge is 0.509 e. The van der Waals surface area contributed by atoms with Crippen LogP contribution in [0.3, 0.4) is 0 Å². The number of hydrogen-bond acceptors (Lipinski definition) is 5. The van der Waals surface area contributed by atoms with E-state index in [0.717, 1.165) is 61.7 Å². The molecule has 0 atom stereocenters. The van der Waals surface area contributed by atoms with E-state index < -0.39 is 5.41 Å². The summed E-state index contributed by atoms with van der Waals surface area (Å²) in [5.74, 6) is 3.80. The Morgan fingerprint density at radius 1 is 0.661 bits per heavy atom. The van der Waals surface area contributed by atoms with Gasteiger partial charge in [-0.2, -0.15) is 18.8 Å². The van der Waals surface area contributed by atoms with Gasteiger partial charge in [0.15, 0.2) is 0 Å². The number of aromatic nitrogens is 2. The molecule has 3 aliphatic rings. The summed E-state index contributed by atoms with van der Waals surface area (Å²) in [4.78, 5) is 9.24. The van der Waals surface area contributed by atoms with Crippen LogP contribution in [0, 0.1) is 18.8 Å². The van der Waals surface area contributed by atoms with Crippen molar-refractivity contribution < 1.29 is 30.5 Å². The maximum Gasteiger partial charge on any atom is 0.135 e. The molecule has 0 bridgehead atoms. The maximum absolute atomic E-state index is 7.02. The summed E-state index contributed by atoms with van der Waals surface area (Å²) < 4.78 is 16.0. The van der Waals surface area contributed by atoms with Crippen molar-refractivity contribution in [3.63, 3.8) is 0 Å². The first-order valence-corrected chi connectivity index (χ1v) is 20.0. The number of fused-ring (bicyclic) bond motifs is 11. The molecule has 5 heterocycles. The Balaban J connectivity index is 0.00000420. The first-order valence-electron chi connectivity index (χ1n) is 20.0. The van der Waals surface area contributed by atoms with E-state index in [1.165, 1.54) is 27.8 Å². The standard InChI is InChI=1S/C52H43N4O2.Pt/c1-50(2,3)37-16-13-21-44-47(37)52(48-38(51(4,5)6)17-14-22-45(48)58-44)36-27-25-33(30-43(36)55-31-54(7)41-20-12-18-39(52)49(41)55)57-32-24-26-35-34-15-8-9-19-40(34)56(42(35)29-32)46-23-10-11-28-53-46;/h8-28,31H,1-7H3;/q-3;. The predicted octanol–water partition coefficient (Wildman–Crippen LogP) is 12.7. The molecule has 2 aromatic heterocycles. The Morgan fingerprint density at radius 3 is 2.02 bits per heavy atom. The van der Waals surface area contributed by atoms with Gasteiger partial charge in [0.1, 0.15) is 17.3 Å². The molecular weight excluding hydrogens is 908 g/mol. The molecule has 0 N–H and O–H groups in total. The normalized spacial score (nSPS) is 14.7. The monoisotopic (exact) mass is 950 g/mol. The third-order valence-corrected chi connectivity index (χ3v) is 12.2. The van der Waals surface area contributed by atoms with E-state index in [2.05, 4.69) is 179 Å². The van der Waals surface area contributed by atoms with Crippen LogP contribution in [-0.4, -0.2) is 16.6 Å². The van der Waals surface area contributed by atoms with Crippen LogP contribution >= 0.6 is 0 Å². The minimum absolute atomic E-state index is 0. The molecule has 6 aromatic carbocycles. The number of hydrogen-bond donors (Lipinski definition) is 0. The quantitative estimate of drug-likeness (QED) is 0.165. The Bertz CT molecular complexity index is 2930. The second-order valence-electron chi connectivity index (χ2n) is 17.8. The van der Waals surface area contributed by atoms with E-state index >= 15 is 0 Å². The molecule has 8 aromatic rings. The van der Waals surface area contributed by atoms with E-state index in [0.29, 0.717) is 11.5 Å². The third-order valence-electron chi connectivity index (χ3n) is 12.2. The Kier molecular flexibility index (Phi) is 8.30. The van der Waals surface area contributed by atoms with Crippen molar-refractivity contribution in [2.45, 2.75) is 57.8 Å². The number of anilines is 3. The molecule has 0 radical (unpaired) electrons. The smallest absolute Gasteiger partial charge is 0.135 e. The van der Waals surface area contributed by atoms with Crippen molar-refractivity contribution in [1.29, 1.82) is 0 Å². The summed E-state index contributed by atoms with van der Waals surface area (Å²) in [7, 11) is 2.12.